The molecule has 0 saturated heterocycles. The first-order valence-corrected chi connectivity index (χ1v) is 6.87. The van der Waals surface area contributed by atoms with Gasteiger partial charge in [-0.3, -0.25) is 9.78 Å². The molecule has 3 nitrogen and oxygen atoms in total. The van der Waals surface area contributed by atoms with E-state index in [0.29, 0.717) is 5.56 Å². The van der Waals surface area contributed by atoms with Crippen LogP contribution >= 0.6 is 0 Å². The maximum Gasteiger partial charge on any atom is 0.184 e. The van der Waals surface area contributed by atoms with Gasteiger partial charge in [-0.05, 0) is 36.8 Å². The van der Waals surface area contributed by atoms with E-state index >= 15 is 0 Å². The molecule has 0 fully saturated rings. The van der Waals surface area contributed by atoms with Crippen LogP contribution in [0.3, 0.4) is 0 Å². The molecule has 0 saturated carbocycles. The second-order valence-corrected chi connectivity index (χ2v) is 5.11. The highest BCUT2D eigenvalue weighted by Gasteiger charge is 2.17. The molecule has 104 valence electrons. The van der Waals surface area contributed by atoms with Gasteiger partial charge in [0, 0.05) is 16.6 Å². The number of aromatic nitrogens is 1. The van der Waals surface area contributed by atoms with Gasteiger partial charge in [0.2, 0.25) is 0 Å². The minimum atomic E-state index is -0.637. The van der Waals surface area contributed by atoms with E-state index in [1.807, 2.05) is 61.5 Å². The van der Waals surface area contributed by atoms with Crippen molar-refractivity contribution < 1.29 is 4.79 Å². The van der Waals surface area contributed by atoms with E-state index in [0.717, 1.165) is 22.2 Å². The Labute approximate surface area is 123 Å². The Hall–Kier alpha value is -2.52. The Morgan fingerprint density at radius 1 is 1.05 bits per heavy atom. The first kappa shape index (κ1) is 13.5. The molecule has 0 aliphatic rings. The van der Waals surface area contributed by atoms with Crippen molar-refractivity contribution in [3.63, 3.8) is 0 Å². The van der Waals surface area contributed by atoms with Crippen LogP contribution in [0.2, 0.25) is 0 Å². The smallest absolute Gasteiger partial charge is 0.184 e. The number of nitrogens with two attached hydrogens (primary N) is 1. The summed E-state index contributed by atoms with van der Waals surface area (Å²) in [6.45, 7) is 1.95. The van der Waals surface area contributed by atoms with Crippen molar-refractivity contribution in [2.45, 2.75) is 13.0 Å². The summed E-state index contributed by atoms with van der Waals surface area (Å²) >= 11 is 0. The van der Waals surface area contributed by atoms with E-state index in [4.69, 9.17) is 5.73 Å². The van der Waals surface area contributed by atoms with E-state index in [-0.39, 0.29) is 5.78 Å². The number of rotatable bonds is 3. The third-order valence-corrected chi connectivity index (χ3v) is 3.55. The van der Waals surface area contributed by atoms with Crippen LogP contribution in [0.1, 0.15) is 27.7 Å². The predicted octanol–water partition coefficient (Wildman–Crippen LogP) is 3.43. The summed E-state index contributed by atoms with van der Waals surface area (Å²) in [5, 5.41) is 0.951. The van der Waals surface area contributed by atoms with Crippen LogP contribution < -0.4 is 5.73 Å². The van der Waals surface area contributed by atoms with Gasteiger partial charge in [-0.25, -0.2) is 0 Å². The van der Waals surface area contributed by atoms with Crippen molar-refractivity contribution in [2.75, 3.05) is 0 Å². The van der Waals surface area contributed by atoms with Gasteiger partial charge in [-0.1, -0.05) is 36.4 Å². The monoisotopic (exact) mass is 276 g/mol. The van der Waals surface area contributed by atoms with Crippen LogP contribution in [0.25, 0.3) is 10.9 Å². The molecule has 0 aliphatic heterocycles. The van der Waals surface area contributed by atoms with Crippen molar-refractivity contribution in [1.29, 1.82) is 0 Å². The van der Waals surface area contributed by atoms with Gasteiger partial charge in [0.05, 0.1) is 11.6 Å². The second kappa shape index (κ2) is 5.46. The fourth-order valence-corrected chi connectivity index (χ4v) is 2.37. The lowest BCUT2D eigenvalue weighted by molar-refractivity contribution is 0.0961. The van der Waals surface area contributed by atoms with Crippen LogP contribution in [0, 0.1) is 6.92 Å². The lowest BCUT2D eigenvalue weighted by atomic mass is 9.97. The Balaban J connectivity index is 1.96. The molecule has 0 bridgehead atoms. The molecule has 1 heterocycles. The average Bonchev–Trinajstić information content (AvgIpc) is 2.53. The molecule has 2 N–H and O–H groups in total. The van der Waals surface area contributed by atoms with Gasteiger partial charge in [-0.15, -0.1) is 0 Å². The largest absolute Gasteiger partial charge is 0.318 e. The Bertz CT molecular complexity index is 797. The molecule has 0 radical (unpaired) electrons. The zero-order valence-electron chi connectivity index (χ0n) is 11.8. The molecular formula is C18H16N2O. The summed E-state index contributed by atoms with van der Waals surface area (Å²) in [6.07, 6.45) is 0. The lowest BCUT2D eigenvalue weighted by Gasteiger charge is -2.11. The summed E-state index contributed by atoms with van der Waals surface area (Å²) in [7, 11) is 0. The number of pyridine rings is 1. The number of benzene rings is 2. The first-order valence-electron chi connectivity index (χ1n) is 6.87. The highest BCUT2D eigenvalue weighted by atomic mass is 16.1. The fraction of sp³-hybridized carbons (Fsp3) is 0.111. The molecule has 0 spiro atoms. The average molecular weight is 276 g/mol. The summed E-state index contributed by atoms with van der Waals surface area (Å²) in [4.78, 5) is 16.9. The molecule has 0 amide bonds. The third-order valence-electron chi connectivity index (χ3n) is 3.55. The second-order valence-electron chi connectivity index (χ2n) is 5.11. The molecule has 2 aromatic carbocycles. The van der Waals surface area contributed by atoms with E-state index in [2.05, 4.69) is 4.98 Å². The van der Waals surface area contributed by atoms with Crippen LogP contribution in [0.15, 0.2) is 60.7 Å². The van der Waals surface area contributed by atoms with Crippen LogP contribution in [0.5, 0.6) is 0 Å². The van der Waals surface area contributed by atoms with Crippen molar-refractivity contribution in [3.05, 3.63) is 77.5 Å². The van der Waals surface area contributed by atoms with Crippen molar-refractivity contribution in [2.24, 2.45) is 5.73 Å². The molecule has 3 rings (SSSR count). The first-order chi connectivity index (χ1) is 10.1. The van der Waals surface area contributed by atoms with E-state index in [1.54, 1.807) is 6.07 Å². The van der Waals surface area contributed by atoms with E-state index < -0.39 is 6.04 Å². The number of Topliss-reactive ketones (excluding diaryl/α,β-unsaturated/α-hetero) is 1. The normalized spacial score (nSPS) is 12.3. The molecule has 0 unspecified atom stereocenters. The van der Waals surface area contributed by atoms with Crippen LogP contribution in [-0.2, 0) is 0 Å². The summed E-state index contributed by atoms with van der Waals surface area (Å²) in [6, 6.07) is 18.2. The highest BCUT2D eigenvalue weighted by molar-refractivity contribution is 6.03. The Morgan fingerprint density at radius 2 is 1.81 bits per heavy atom. The number of fused-ring (bicyclic) bond motifs is 1. The molecule has 1 atom stereocenters. The van der Waals surface area contributed by atoms with Gasteiger partial charge in [0.15, 0.2) is 5.78 Å². The standard InChI is InChI=1S/C18H16N2O/c1-12-7-8-14-11-15(9-10-16(14)20-12)18(21)17(19)13-5-3-2-4-6-13/h2-11,17H,19H2,1H3/t17-/m1/s1. The molecule has 3 heteroatoms. The zero-order valence-corrected chi connectivity index (χ0v) is 11.8. The molecular weight excluding hydrogens is 260 g/mol. The quantitative estimate of drug-likeness (QED) is 0.746. The fourth-order valence-electron chi connectivity index (χ4n) is 2.37. The summed E-state index contributed by atoms with van der Waals surface area (Å²) in [5.41, 5.74) is 9.36. The van der Waals surface area contributed by atoms with Gasteiger partial charge in [0.1, 0.15) is 0 Å². The van der Waals surface area contributed by atoms with Crippen molar-refractivity contribution in [1.82, 2.24) is 4.98 Å². The van der Waals surface area contributed by atoms with Crippen molar-refractivity contribution >= 4 is 16.7 Å². The number of hydrogen-bond acceptors (Lipinski definition) is 3. The van der Waals surface area contributed by atoms with Gasteiger partial charge < -0.3 is 5.73 Å². The number of carbonyl (C=O) groups is 1. The highest BCUT2D eigenvalue weighted by Crippen LogP contribution is 2.20. The minimum Gasteiger partial charge on any atom is -0.318 e. The summed E-state index contributed by atoms with van der Waals surface area (Å²) in [5.74, 6) is -0.0799. The number of ketones is 1. The van der Waals surface area contributed by atoms with Gasteiger partial charge in [0.25, 0.3) is 0 Å². The van der Waals surface area contributed by atoms with Gasteiger partial charge >= 0.3 is 0 Å². The van der Waals surface area contributed by atoms with Gasteiger partial charge in [-0.2, -0.15) is 0 Å². The SMILES string of the molecule is Cc1ccc2cc(C(=O)[C@H](N)c3ccccc3)ccc2n1. The molecule has 1 aromatic heterocycles. The number of carbonyl (C=O) groups excluding carboxylic acids is 1. The predicted molar refractivity (Wildman–Crippen MR) is 84.2 cm³/mol. The number of hydrogen-bond donors (Lipinski definition) is 1. The van der Waals surface area contributed by atoms with E-state index in [1.165, 1.54) is 0 Å². The van der Waals surface area contributed by atoms with Crippen molar-refractivity contribution in [3.8, 4) is 0 Å². The van der Waals surface area contributed by atoms with E-state index in [9.17, 15) is 4.79 Å². The topological polar surface area (TPSA) is 56.0 Å². The minimum absolute atomic E-state index is 0.0799. The molecule has 3 aromatic rings. The lowest BCUT2D eigenvalue weighted by Crippen LogP contribution is -2.21. The zero-order chi connectivity index (χ0) is 14.8. The third kappa shape index (κ3) is 2.69. The number of nitrogens with zero attached hydrogens (tertiary/aromatic N) is 1. The van der Waals surface area contributed by atoms with Crippen LogP contribution in [0.4, 0.5) is 0 Å². The van der Waals surface area contributed by atoms with Crippen LogP contribution in [-0.4, -0.2) is 10.8 Å². The Kier molecular flexibility index (Phi) is 3.50. The molecule has 0 aliphatic carbocycles. The number of aryl methyl sites for hydroxylation is 1. The molecule has 21 heavy (non-hydrogen) atoms. The maximum absolute atomic E-state index is 12.5. The summed E-state index contributed by atoms with van der Waals surface area (Å²) < 4.78 is 0. The maximum atomic E-state index is 12.5. The Morgan fingerprint density at radius 3 is 2.57 bits per heavy atom.